The maximum atomic E-state index is 12.9. The molecule has 88 valence electrons. The number of hydrogen-bond acceptors (Lipinski definition) is 2. The Hall–Kier alpha value is -0.930. The van der Waals surface area contributed by atoms with Gasteiger partial charge in [-0.15, -0.1) is 0 Å². The number of rotatable bonds is 5. The number of ether oxygens (including phenoxy) is 1. The first-order chi connectivity index (χ1) is 7.76. The van der Waals surface area contributed by atoms with Crippen LogP contribution < -0.4 is 5.32 Å². The average molecular weight is 223 g/mol. The molecule has 1 aromatic rings. The first kappa shape index (κ1) is 11.6. The molecule has 3 heteroatoms. The minimum Gasteiger partial charge on any atom is -0.379 e. The zero-order chi connectivity index (χ0) is 11.5. The van der Waals surface area contributed by atoms with E-state index in [0.29, 0.717) is 5.92 Å². The molecule has 1 aliphatic carbocycles. The lowest BCUT2D eigenvalue weighted by Gasteiger charge is -2.26. The van der Waals surface area contributed by atoms with E-state index >= 15 is 0 Å². The van der Waals surface area contributed by atoms with Gasteiger partial charge in [-0.25, -0.2) is 4.39 Å². The molecule has 1 N–H and O–H groups in total. The van der Waals surface area contributed by atoms with Gasteiger partial charge >= 0.3 is 0 Å². The highest BCUT2D eigenvalue weighted by Gasteiger charge is 2.36. The van der Waals surface area contributed by atoms with Crippen molar-refractivity contribution < 1.29 is 9.13 Å². The third kappa shape index (κ3) is 2.42. The molecule has 16 heavy (non-hydrogen) atoms. The van der Waals surface area contributed by atoms with Crippen molar-refractivity contribution in [3.63, 3.8) is 0 Å². The predicted molar refractivity (Wildman–Crippen MR) is 61.7 cm³/mol. The molecular formula is C13H18FNO. The Kier molecular flexibility index (Phi) is 3.56. The molecular weight excluding hydrogens is 205 g/mol. The summed E-state index contributed by atoms with van der Waals surface area (Å²) < 4.78 is 18.4. The van der Waals surface area contributed by atoms with Crippen molar-refractivity contribution in [2.45, 2.75) is 25.0 Å². The second-order valence-electron chi connectivity index (χ2n) is 4.36. The third-order valence-corrected chi connectivity index (χ3v) is 3.23. The number of benzene rings is 1. The molecule has 0 radical (unpaired) electrons. The van der Waals surface area contributed by atoms with E-state index in [1.807, 2.05) is 19.2 Å². The van der Waals surface area contributed by atoms with Crippen LogP contribution in [-0.2, 0) is 4.74 Å². The van der Waals surface area contributed by atoms with Gasteiger partial charge in [0, 0.05) is 7.11 Å². The lowest BCUT2D eigenvalue weighted by atomic mass is 9.98. The van der Waals surface area contributed by atoms with Crippen LogP contribution in [0, 0.1) is 11.7 Å². The van der Waals surface area contributed by atoms with Gasteiger partial charge in [-0.3, -0.25) is 0 Å². The maximum Gasteiger partial charge on any atom is 0.123 e. The van der Waals surface area contributed by atoms with Crippen molar-refractivity contribution in [1.29, 1.82) is 0 Å². The van der Waals surface area contributed by atoms with Crippen molar-refractivity contribution in [2.75, 3.05) is 14.2 Å². The van der Waals surface area contributed by atoms with Gasteiger partial charge in [0.25, 0.3) is 0 Å². The number of likely N-dealkylation sites (N-methyl/N-ethyl adjacent to an activating group) is 1. The molecule has 0 amide bonds. The Morgan fingerprint density at radius 1 is 1.31 bits per heavy atom. The van der Waals surface area contributed by atoms with Gasteiger partial charge in [0.1, 0.15) is 5.82 Å². The molecule has 0 spiro atoms. The monoisotopic (exact) mass is 223 g/mol. The minimum atomic E-state index is -0.195. The summed E-state index contributed by atoms with van der Waals surface area (Å²) in [6, 6.07) is 6.80. The van der Waals surface area contributed by atoms with Crippen molar-refractivity contribution in [2.24, 2.45) is 5.92 Å². The fourth-order valence-corrected chi connectivity index (χ4v) is 2.22. The number of hydrogen-bond donors (Lipinski definition) is 1. The number of methoxy groups -OCH3 is 1. The SMILES string of the molecule is CNC(c1ccc(F)cc1)C(OC)C1CC1. The van der Waals surface area contributed by atoms with Gasteiger partial charge in [0.15, 0.2) is 0 Å². The van der Waals surface area contributed by atoms with Gasteiger partial charge in [-0.05, 0) is 43.5 Å². The molecule has 1 aliphatic rings. The number of halogens is 1. The normalized spacial score (nSPS) is 19.4. The van der Waals surface area contributed by atoms with Crippen LogP contribution in [-0.4, -0.2) is 20.3 Å². The zero-order valence-electron chi connectivity index (χ0n) is 9.74. The predicted octanol–water partition coefficient (Wildman–Crippen LogP) is 2.51. The first-order valence-corrected chi connectivity index (χ1v) is 5.71. The van der Waals surface area contributed by atoms with Gasteiger partial charge in [-0.2, -0.15) is 0 Å². The highest BCUT2D eigenvalue weighted by molar-refractivity contribution is 5.21. The molecule has 0 aromatic heterocycles. The fourth-order valence-electron chi connectivity index (χ4n) is 2.22. The first-order valence-electron chi connectivity index (χ1n) is 5.71. The van der Waals surface area contributed by atoms with Crippen molar-refractivity contribution >= 4 is 0 Å². The summed E-state index contributed by atoms with van der Waals surface area (Å²) in [5.74, 6) is 0.450. The van der Waals surface area contributed by atoms with Crippen molar-refractivity contribution in [3.8, 4) is 0 Å². The summed E-state index contributed by atoms with van der Waals surface area (Å²) in [7, 11) is 3.67. The van der Waals surface area contributed by atoms with E-state index in [2.05, 4.69) is 5.32 Å². The molecule has 1 saturated carbocycles. The Morgan fingerprint density at radius 2 is 1.94 bits per heavy atom. The highest BCUT2D eigenvalue weighted by atomic mass is 19.1. The van der Waals surface area contributed by atoms with E-state index in [0.717, 1.165) is 5.56 Å². The van der Waals surface area contributed by atoms with Crippen LogP contribution >= 0.6 is 0 Å². The van der Waals surface area contributed by atoms with Gasteiger partial charge < -0.3 is 10.1 Å². The van der Waals surface area contributed by atoms with Crippen LogP contribution in [0.25, 0.3) is 0 Å². The van der Waals surface area contributed by atoms with E-state index in [4.69, 9.17) is 4.74 Å². The zero-order valence-corrected chi connectivity index (χ0v) is 9.74. The molecule has 0 heterocycles. The van der Waals surface area contributed by atoms with Crippen molar-refractivity contribution in [1.82, 2.24) is 5.32 Å². The molecule has 0 bridgehead atoms. The Bertz CT molecular complexity index is 334. The summed E-state index contributed by atoms with van der Waals surface area (Å²) in [5, 5.41) is 3.26. The second-order valence-corrected chi connectivity index (χ2v) is 4.36. The Morgan fingerprint density at radius 3 is 2.38 bits per heavy atom. The second kappa shape index (κ2) is 4.93. The average Bonchev–Trinajstić information content (AvgIpc) is 3.11. The van der Waals surface area contributed by atoms with E-state index in [1.165, 1.54) is 25.0 Å². The Balaban J connectivity index is 2.16. The quantitative estimate of drug-likeness (QED) is 0.828. The molecule has 2 rings (SSSR count). The maximum absolute atomic E-state index is 12.9. The van der Waals surface area contributed by atoms with Crippen LogP contribution in [0.15, 0.2) is 24.3 Å². The lowest BCUT2D eigenvalue weighted by Crippen LogP contribution is -2.32. The largest absolute Gasteiger partial charge is 0.379 e. The summed E-state index contributed by atoms with van der Waals surface area (Å²) in [6.07, 6.45) is 2.66. The summed E-state index contributed by atoms with van der Waals surface area (Å²) in [5.41, 5.74) is 1.09. The molecule has 2 nitrogen and oxygen atoms in total. The van der Waals surface area contributed by atoms with Gasteiger partial charge in [0.2, 0.25) is 0 Å². The van der Waals surface area contributed by atoms with E-state index in [1.54, 1.807) is 7.11 Å². The third-order valence-electron chi connectivity index (χ3n) is 3.23. The molecule has 1 fully saturated rings. The smallest absolute Gasteiger partial charge is 0.123 e. The van der Waals surface area contributed by atoms with E-state index in [-0.39, 0.29) is 18.0 Å². The molecule has 0 aliphatic heterocycles. The van der Waals surface area contributed by atoms with Crippen LogP contribution in [0.1, 0.15) is 24.4 Å². The van der Waals surface area contributed by atoms with Gasteiger partial charge in [-0.1, -0.05) is 12.1 Å². The Labute approximate surface area is 95.8 Å². The van der Waals surface area contributed by atoms with Gasteiger partial charge in [0.05, 0.1) is 12.1 Å². The molecule has 0 saturated heterocycles. The summed E-state index contributed by atoms with van der Waals surface area (Å²) in [4.78, 5) is 0. The number of nitrogens with one attached hydrogen (secondary N) is 1. The van der Waals surface area contributed by atoms with E-state index in [9.17, 15) is 4.39 Å². The van der Waals surface area contributed by atoms with Crippen LogP contribution in [0.4, 0.5) is 4.39 Å². The minimum absolute atomic E-state index is 0.151. The van der Waals surface area contributed by atoms with Crippen LogP contribution in [0.5, 0.6) is 0 Å². The molecule has 2 atom stereocenters. The highest BCUT2D eigenvalue weighted by Crippen LogP contribution is 2.39. The summed E-state index contributed by atoms with van der Waals surface area (Å²) in [6.45, 7) is 0. The van der Waals surface area contributed by atoms with Crippen LogP contribution in [0.3, 0.4) is 0 Å². The van der Waals surface area contributed by atoms with E-state index < -0.39 is 0 Å². The van der Waals surface area contributed by atoms with Crippen molar-refractivity contribution in [3.05, 3.63) is 35.6 Å². The van der Waals surface area contributed by atoms with Crippen LogP contribution in [0.2, 0.25) is 0 Å². The summed E-state index contributed by atoms with van der Waals surface area (Å²) >= 11 is 0. The molecule has 1 aromatic carbocycles. The topological polar surface area (TPSA) is 21.3 Å². The standard InChI is InChI=1S/C13H18FNO/c1-15-12(13(16-2)10-3-4-10)9-5-7-11(14)8-6-9/h5-8,10,12-13,15H,3-4H2,1-2H3. The fraction of sp³-hybridized carbons (Fsp3) is 0.538. The molecule has 2 unspecified atom stereocenters. The lowest BCUT2D eigenvalue weighted by molar-refractivity contribution is 0.0530.